The first-order valence-corrected chi connectivity index (χ1v) is 15.1. The Kier molecular flexibility index (Phi) is 9.81. The van der Waals surface area contributed by atoms with Crippen molar-refractivity contribution in [2.75, 3.05) is 11.9 Å². The van der Waals surface area contributed by atoms with Crippen LogP contribution in [0.4, 0.5) is 24.0 Å². The summed E-state index contributed by atoms with van der Waals surface area (Å²) in [6, 6.07) is 22.6. The highest BCUT2D eigenvalue weighted by atomic mass is 79.9. The highest BCUT2D eigenvalue weighted by molar-refractivity contribution is 9.10. The topological polar surface area (TPSA) is 84.8 Å². The largest absolute Gasteiger partial charge is 0.490 e. The fourth-order valence-electron chi connectivity index (χ4n) is 4.32. The molecule has 1 aromatic heterocycles. The van der Waals surface area contributed by atoms with Gasteiger partial charge in [0.1, 0.15) is 6.61 Å². The Morgan fingerprint density at radius 3 is 2.61 bits per heavy atom. The van der Waals surface area contributed by atoms with Crippen LogP contribution >= 0.6 is 27.3 Å². The zero-order valence-corrected chi connectivity index (χ0v) is 25.7. The number of carbonyl (C=O) groups excluding carboxylic acids is 1. The molecule has 4 aromatic carbocycles. The van der Waals surface area contributed by atoms with E-state index in [1.54, 1.807) is 17.5 Å². The predicted molar refractivity (Wildman–Crippen MR) is 170 cm³/mol. The van der Waals surface area contributed by atoms with Gasteiger partial charge in [-0.3, -0.25) is 4.79 Å². The summed E-state index contributed by atoms with van der Waals surface area (Å²) in [5.41, 5.74) is 4.12. The second kappa shape index (κ2) is 13.9. The van der Waals surface area contributed by atoms with Crippen molar-refractivity contribution in [3.8, 4) is 11.5 Å². The second-order valence-corrected chi connectivity index (χ2v) is 11.2. The highest BCUT2D eigenvalue weighted by Crippen LogP contribution is 2.35. The van der Waals surface area contributed by atoms with Crippen molar-refractivity contribution < 1.29 is 27.4 Å². The number of hydrogen-bond donors (Lipinski definition) is 2. The third-order valence-corrected chi connectivity index (χ3v) is 7.85. The number of nitrogens with zero attached hydrogens (tertiary/aromatic N) is 2. The van der Waals surface area contributed by atoms with E-state index in [0.29, 0.717) is 45.6 Å². The fraction of sp³-hybridized carbons (Fsp3) is 0.156. The zero-order valence-electron chi connectivity index (χ0n) is 23.3. The summed E-state index contributed by atoms with van der Waals surface area (Å²) in [5.74, 6) is 0.686. The normalized spacial score (nSPS) is 11.6. The van der Waals surface area contributed by atoms with Crippen LogP contribution in [0.3, 0.4) is 0 Å². The van der Waals surface area contributed by atoms with Gasteiger partial charge < -0.3 is 14.8 Å². The fourth-order valence-corrected chi connectivity index (χ4v) is 5.48. The van der Waals surface area contributed by atoms with Crippen molar-refractivity contribution in [1.29, 1.82) is 0 Å². The number of hydrazone groups is 1. The molecule has 0 aliphatic carbocycles. The van der Waals surface area contributed by atoms with Crippen molar-refractivity contribution in [2.24, 2.45) is 5.10 Å². The number of nitrogens with one attached hydrogen (secondary N) is 2. The number of anilines is 2. The van der Waals surface area contributed by atoms with Crippen LogP contribution in [0.1, 0.15) is 29.3 Å². The first kappa shape index (κ1) is 31.0. The molecule has 1 amide bonds. The van der Waals surface area contributed by atoms with Gasteiger partial charge in [-0.2, -0.15) is 18.3 Å². The van der Waals surface area contributed by atoms with Gasteiger partial charge in [0.05, 0.1) is 30.5 Å². The SMILES string of the molecule is CCOc1cc(/C=N\NC(=O)Cc2csc(Nc3cccc(C(F)(F)F)c3)n2)c(Br)cc1OCc1cccc2ccccc12. The van der Waals surface area contributed by atoms with Crippen LogP contribution in [0.15, 0.2) is 93.8 Å². The molecule has 2 N–H and O–H groups in total. The van der Waals surface area contributed by atoms with E-state index in [1.165, 1.54) is 29.7 Å². The molecule has 1 heterocycles. The van der Waals surface area contributed by atoms with Gasteiger partial charge in [0.2, 0.25) is 5.91 Å². The number of aromatic nitrogens is 1. The number of thiazole rings is 1. The Hall–Kier alpha value is -4.42. The highest BCUT2D eigenvalue weighted by Gasteiger charge is 2.30. The molecular formula is C32H26BrF3N4O3S. The minimum atomic E-state index is -4.45. The van der Waals surface area contributed by atoms with Gasteiger partial charge in [0.25, 0.3) is 0 Å². The van der Waals surface area contributed by atoms with E-state index in [4.69, 9.17) is 9.47 Å². The van der Waals surface area contributed by atoms with E-state index >= 15 is 0 Å². The van der Waals surface area contributed by atoms with Crippen molar-refractivity contribution in [2.45, 2.75) is 26.1 Å². The summed E-state index contributed by atoms with van der Waals surface area (Å²) in [5, 5.41) is 11.2. The summed E-state index contributed by atoms with van der Waals surface area (Å²) in [6.45, 7) is 2.66. The molecular weight excluding hydrogens is 657 g/mol. The van der Waals surface area contributed by atoms with Crippen LogP contribution in [0, 0.1) is 0 Å². The maximum Gasteiger partial charge on any atom is 0.416 e. The van der Waals surface area contributed by atoms with Gasteiger partial charge in [-0.05, 0) is 69.5 Å². The minimum absolute atomic E-state index is 0.0651. The van der Waals surface area contributed by atoms with Crippen molar-refractivity contribution >= 4 is 61.0 Å². The minimum Gasteiger partial charge on any atom is -0.490 e. The molecule has 5 rings (SSSR count). The molecule has 0 radical (unpaired) electrons. The number of hydrogen-bond acceptors (Lipinski definition) is 7. The Balaban J connectivity index is 1.19. The average molecular weight is 684 g/mol. The van der Waals surface area contributed by atoms with Crippen LogP contribution in [0.25, 0.3) is 10.8 Å². The molecule has 0 spiro atoms. The Bertz CT molecular complexity index is 1800. The summed E-state index contributed by atoms with van der Waals surface area (Å²) in [6.07, 6.45) is -3.02. The quantitative estimate of drug-likeness (QED) is 0.108. The van der Waals surface area contributed by atoms with E-state index < -0.39 is 17.6 Å². The molecule has 44 heavy (non-hydrogen) atoms. The molecule has 0 atom stereocenters. The summed E-state index contributed by atoms with van der Waals surface area (Å²) in [4.78, 5) is 16.8. The molecule has 0 aliphatic heterocycles. The van der Waals surface area contributed by atoms with Gasteiger partial charge in [-0.15, -0.1) is 11.3 Å². The number of rotatable bonds is 11. The number of alkyl halides is 3. The lowest BCUT2D eigenvalue weighted by Crippen LogP contribution is -2.20. The smallest absolute Gasteiger partial charge is 0.416 e. The third-order valence-electron chi connectivity index (χ3n) is 6.35. The second-order valence-electron chi connectivity index (χ2n) is 9.50. The molecule has 0 unspecified atom stereocenters. The van der Waals surface area contributed by atoms with E-state index in [9.17, 15) is 18.0 Å². The average Bonchev–Trinajstić information content (AvgIpc) is 3.43. The van der Waals surface area contributed by atoms with E-state index in [-0.39, 0.29) is 12.1 Å². The van der Waals surface area contributed by atoms with Crippen LogP contribution in [0.5, 0.6) is 11.5 Å². The summed E-state index contributed by atoms with van der Waals surface area (Å²) in [7, 11) is 0. The Labute approximate surface area is 263 Å². The molecule has 226 valence electrons. The van der Waals surface area contributed by atoms with Gasteiger partial charge in [0.15, 0.2) is 16.6 Å². The molecule has 12 heteroatoms. The van der Waals surface area contributed by atoms with Gasteiger partial charge >= 0.3 is 6.18 Å². The molecule has 7 nitrogen and oxygen atoms in total. The van der Waals surface area contributed by atoms with Crippen LogP contribution in [-0.2, 0) is 24.0 Å². The molecule has 0 aliphatic rings. The number of benzene rings is 4. The van der Waals surface area contributed by atoms with E-state index in [2.05, 4.69) is 55.0 Å². The molecule has 0 saturated heterocycles. The van der Waals surface area contributed by atoms with Crippen LogP contribution in [0.2, 0.25) is 0 Å². The first-order valence-electron chi connectivity index (χ1n) is 13.5. The number of amides is 1. The van der Waals surface area contributed by atoms with Crippen molar-refractivity contribution in [3.63, 3.8) is 0 Å². The Morgan fingerprint density at radius 1 is 1.02 bits per heavy atom. The third kappa shape index (κ3) is 7.94. The first-order chi connectivity index (χ1) is 21.2. The van der Waals surface area contributed by atoms with Crippen molar-refractivity contribution in [1.82, 2.24) is 10.4 Å². The number of ether oxygens (including phenoxy) is 2. The number of halogens is 4. The molecule has 0 bridgehead atoms. The molecule has 0 saturated carbocycles. The lowest BCUT2D eigenvalue weighted by molar-refractivity contribution is -0.137. The van der Waals surface area contributed by atoms with E-state index in [0.717, 1.165) is 28.5 Å². The lowest BCUT2D eigenvalue weighted by atomic mass is 10.1. The summed E-state index contributed by atoms with van der Waals surface area (Å²) >= 11 is 4.73. The summed E-state index contributed by atoms with van der Waals surface area (Å²) < 4.78 is 51.6. The van der Waals surface area contributed by atoms with Gasteiger partial charge in [0, 0.05) is 21.1 Å². The van der Waals surface area contributed by atoms with Crippen LogP contribution in [-0.4, -0.2) is 23.7 Å². The van der Waals surface area contributed by atoms with Crippen molar-refractivity contribution in [3.05, 3.63) is 111 Å². The number of fused-ring (bicyclic) bond motifs is 1. The standard InChI is InChI=1S/C32H26BrF3N4O3S/c1-2-42-28-13-22(27(33)16-29(28)43-18-21-9-5-8-20-7-3-4-12-26(20)21)17-37-40-30(41)15-25-19-44-31(39-25)38-24-11-6-10-23(14-24)32(34,35)36/h3-14,16-17,19H,2,15,18H2,1H3,(H,38,39)(H,40,41)/b37-17-. The Morgan fingerprint density at radius 2 is 1.80 bits per heavy atom. The number of carbonyl (C=O) groups is 1. The maximum absolute atomic E-state index is 13.0. The zero-order chi connectivity index (χ0) is 31.1. The monoisotopic (exact) mass is 682 g/mol. The van der Waals surface area contributed by atoms with Crippen LogP contribution < -0.4 is 20.2 Å². The van der Waals surface area contributed by atoms with Gasteiger partial charge in [-0.25, -0.2) is 10.4 Å². The van der Waals surface area contributed by atoms with E-state index in [1.807, 2.05) is 31.2 Å². The maximum atomic E-state index is 13.0. The lowest BCUT2D eigenvalue weighted by Gasteiger charge is -2.15. The predicted octanol–water partition coefficient (Wildman–Crippen LogP) is 8.49. The molecule has 0 fully saturated rings. The van der Waals surface area contributed by atoms with Gasteiger partial charge in [-0.1, -0.05) is 48.5 Å². The molecule has 5 aromatic rings.